The van der Waals surface area contributed by atoms with Crippen molar-refractivity contribution in [3.8, 4) is 0 Å². The molecular weight excluding hydrogens is 92.1 g/mol. The predicted molar refractivity (Wildman–Crippen MR) is 28.9 cm³/mol. The highest BCUT2D eigenvalue weighted by atomic mass is 16.5. The summed E-state index contributed by atoms with van der Waals surface area (Å²) in [5, 5.41) is 0. The van der Waals surface area contributed by atoms with Crippen LogP contribution in [0.1, 0.15) is 0 Å². The SMILES string of the molecule is COCC(N)CN. The summed E-state index contributed by atoms with van der Waals surface area (Å²) in [7, 11) is 1.61. The van der Waals surface area contributed by atoms with Crippen molar-refractivity contribution in [3.63, 3.8) is 0 Å². The van der Waals surface area contributed by atoms with E-state index in [4.69, 9.17) is 11.5 Å². The van der Waals surface area contributed by atoms with Gasteiger partial charge in [-0.2, -0.15) is 0 Å². The summed E-state index contributed by atoms with van der Waals surface area (Å²) < 4.78 is 4.69. The van der Waals surface area contributed by atoms with Gasteiger partial charge in [-0.05, 0) is 0 Å². The van der Waals surface area contributed by atoms with E-state index < -0.39 is 0 Å². The van der Waals surface area contributed by atoms with Crippen molar-refractivity contribution < 1.29 is 4.74 Å². The predicted octanol–water partition coefficient (Wildman–Crippen LogP) is -1.08. The zero-order valence-corrected chi connectivity index (χ0v) is 4.55. The van der Waals surface area contributed by atoms with Gasteiger partial charge in [-0.3, -0.25) is 0 Å². The van der Waals surface area contributed by atoms with Crippen molar-refractivity contribution in [2.45, 2.75) is 6.04 Å². The van der Waals surface area contributed by atoms with Gasteiger partial charge < -0.3 is 16.2 Å². The fraction of sp³-hybridized carbons (Fsp3) is 1.00. The molecule has 0 heterocycles. The Hall–Kier alpha value is -0.120. The molecule has 3 heteroatoms. The van der Waals surface area contributed by atoms with Crippen molar-refractivity contribution in [1.82, 2.24) is 0 Å². The average Bonchev–Trinajstić information content (AvgIpc) is 1.68. The maximum atomic E-state index is 5.33. The lowest BCUT2D eigenvalue weighted by molar-refractivity contribution is 0.182. The largest absolute Gasteiger partial charge is 0.383 e. The van der Waals surface area contributed by atoms with Crippen LogP contribution in [-0.2, 0) is 4.74 Å². The van der Waals surface area contributed by atoms with E-state index in [1.54, 1.807) is 7.11 Å². The van der Waals surface area contributed by atoms with Crippen LogP contribution in [-0.4, -0.2) is 26.3 Å². The van der Waals surface area contributed by atoms with Gasteiger partial charge >= 0.3 is 0 Å². The van der Waals surface area contributed by atoms with Gasteiger partial charge in [0.1, 0.15) is 0 Å². The topological polar surface area (TPSA) is 61.3 Å². The molecule has 1 atom stereocenters. The zero-order chi connectivity index (χ0) is 5.70. The summed E-state index contributed by atoms with van der Waals surface area (Å²) in [4.78, 5) is 0. The summed E-state index contributed by atoms with van der Waals surface area (Å²) in [6.07, 6.45) is 0. The van der Waals surface area contributed by atoms with E-state index in [0.29, 0.717) is 13.2 Å². The first-order valence-corrected chi connectivity index (χ1v) is 2.26. The van der Waals surface area contributed by atoms with Crippen LogP contribution in [0.15, 0.2) is 0 Å². The Bertz CT molecular complexity index is 40.7. The normalized spacial score (nSPS) is 14.1. The molecule has 0 aliphatic carbocycles. The van der Waals surface area contributed by atoms with E-state index in [1.807, 2.05) is 0 Å². The average molecular weight is 104 g/mol. The Morgan fingerprint density at radius 2 is 2.29 bits per heavy atom. The maximum Gasteiger partial charge on any atom is 0.0626 e. The second-order valence-electron chi connectivity index (χ2n) is 1.45. The van der Waals surface area contributed by atoms with Gasteiger partial charge in [-0.25, -0.2) is 0 Å². The van der Waals surface area contributed by atoms with Gasteiger partial charge in [0.05, 0.1) is 6.61 Å². The molecule has 0 spiro atoms. The van der Waals surface area contributed by atoms with Crippen LogP contribution in [0.3, 0.4) is 0 Å². The third-order valence-corrected chi connectivity index (χ3v) is 0.683. The van der Waals surface area contributed by atoms with E-state index >= 15 is 0 Å². The van der Waals surface area contributed by atoms with Gasteiger partial charge in [-0.15, -0.1) is 0 Å². The van der Waals surface area contributed by atoms with Crippen LogP contribution < -0.4 is 11.5 Å². The second kappa shape index (κ2) is 4.05. The molecule has 0 aromatic carbocycles. The Morgan fingerprint density at radius 1 is 1.71 bits per heavy atom. The molecule has 0 fully saturated rings. The number of methoxy groups -OCH3 is 1. The van der Waals surface area contributed by atoms with Gasteiger partial charge in [0.2, 0.25) is 0 Å². The lowest BCUT2D eigenvalue weighted by Gasteiger charge is -2.03. The van der Waals surface area contributed by atoms with Crippen LogP contribution in [0.25, 0.3) is 0 Å². The van der Waals surface area contributed by atoms with E-state index in [1.165, 1.54) is 0 Å². The molecule has 0 saturated carbocycles. The van der Waals surface area contributed by atoms with Crippen molar-refractivity contribution in [2.24, 2.45) is 11.5 Å². The molecule has 0 amide bonds. The van der Waals surface area contributed by atoms with Gasteiger partial charge in [0, 0.05) is 19.7 Å². The molecular formula is C4H12N2O. The van der Waals surface area contributed by atoms with Gasteiger partial charge in [0.25, 0.3) is 0 Å². The molecule has 0 radical (unpaired) electrons. The third-order valence-electron chi connectivity index (χ3n) is 0.683. The Morgan fingerprint density at radius 3 is 2.43 bits per heavy atom. The molecule has 0 aromatic rings. The van der Waals surface area contributed by atoms with Crippen LogP contribution in [0.2, 0.25) is 0 Å². The van der Waals surface area contributed by atoms with E-state index in [9.17, 15) is 0 Å². The lowest BCUT2D eigenvalue weighted by atomic mass is 10.3. The molecule has 0 saturated heterocycles. The molecule has 7 heavy (non-hydrogen) atoms. The minimum Gasteiger partial charge on any atom is -0.383 e. The standard InChI is InChI=1S/C4H12N2O/c1-7-3-4(6)2-5/h4H,2-3,5-6H2,1H3. The minimum atomic E-state index is 0.00463. The van der Waals surface area contributed by atoms with E-state index in [2.05, 4.69) is 4.74 Å². The highest BCUT2D eigenvalue weighted by molar-refractivity contribution is 4.57. The summed E-state index contributed by atoms with van der Waals surface area (Å²) in [6, 6.07) is 0.00463. The first-order valence-electron chi connectivity index (χ1n) is 2.26. The molecule has 0 bridgehead atoms. The zero-order valence-electron chi connectivity index (χ0n) is 4.55. The number of hydrogen-bond acceptors (Lipinski definition) is 3. The Kier molecular flexibility index (Phi) is 3.98. The van der Waals surface area contributed by atoms with Crippen LogP contribution in [0.4, 0.5) is 0 Å². The molecule has 44 valence electrons. The molecule has 4 N–H and O–H groups in total. The molecule has 3 nitrogen and oxygen atoms in total. The molecule has 0 aromatic heterocycles. The summed E-state index contributed by atoms with van der Waals surface area (Å²) in [5.41, 5.74) is 10.5. The monoisotopic (exact) mass is 104 g/mol. The number of ether oxygens (including phenoxy) is 1. The molecule has 0 aliphatic rings. The molecule has 0 rings (SSSR count). The number of hydrogen-bond donors (Lipinski definition) is 2. The van der Waals surface area contributed by atoms with E-state index in [-0.39, 0.29) is 6.04 Å². The fourth-order valence-electron chi connectivity index (χ4n) is 0.282. The molecule has 0 aliphatic heterocycles. The van der Waals surface area contributed by atoms with Crippen LogP contribution >= 0.6 is 0 Å². The Labute approximate surface area is 43.6 Å². The number of nitrogens with two attached hydrogens (primary N) is 2. The highest BCUT2D eigenvalue weighted by Crippen LogP contribution is 1.71. The first-order chi connectivity index (χ1) is 3.31. The summed E-state index contributed by atoms with van der Waals surface area (Å²) >= 11 is 0. The molecule has 1 unspecified atom stereocenters. The van der Waals surface area contributed by atoms with Crippen LogP contribution in [0, 0.1) is 0 Å². The smallest absolute Gasteiger partial charge is 0.0626 e. The highest BCUT2D eigenvalue weighted by Gasteiger charge is 1.93. The van der Waals surface area contributed by atoms with Crippen molar-refractivity contribution in [2.75, 3.05) is 20.3 Å². The fourth-order valence-corrected chi connectivity index (χ4v) is 0.282. The van der Waals surface area contributed by atoms with Crippen LogP contribution in [0.5, 0.6) is 0 Å². The summed E-state index contributed by atoms with van der Waals surface area (Å²) in [5.74, 6) is 0. The lowest BCUT2D eigenvalue weighted by Crippen LogP contribution is -2.33. The maximum absolute atomic E-state index is 5.33. The number of rotatable bonds is 3. The quantitative estimate of drug-likeness (QED) is 0.478. The second-order valence-corrected chi connectivity index (χ2v) is 1.45. The Balaban J connectivity index is 2.83. The van der Waals surface area contributed by atoms with Crippen molar-refractivity contribution >= 4 is 0 Å². The van der Waals surface area contributed by atoms with Crippen molar-refractivity contribution in [1.29, 1.82) is 0 Å². The van der Waals surface area contributed by atoms with Gasteiger partial charge in [-0.1, -0.05) is 0 Å². The third kappa shape index (κ3) is 3.72. The van der Waals surface area contributed by atoms with Gasteiger partial charge in [0.15, 0.2) is 0 Å². The summed E-state index contributed by atoms with van der Waals surface area (Å²) in [6.45, 7) is 1.05. The first kappa shape index (κ1) is 6.88. The van der Waals surface area contributed by atoms with E-state index in [0.717, 1.165) is 0 Å². The minimum absolute atomic E-state index is 0.00463. The van der Waals surface area contributed by atoms with Crippen molar-refractivity contribution in [3.05, 3.63) is 0 Å².